The monoisotopic (exact) mass is 356 g/mol. The summed E-state index contributed by atoms with van der Waals surface area (Å²) in [5, 5.41) is 3.19. The lowest BCUT2D eigenvalue weighted by Gasteiger charge is -2.08. The number of ketones is 1. The minimum Gasteiger partial charge on any atom is -0.396 e. The summed E-state index contributed by atoms with van der Waals surface area (Å²) in [6.45, 7) is 1.93. The summed E-state index contributed by atoms with van der Waals surface area (Å²) >= 11 is 13.2. The Bertz CT molecular complexity index is 705. The van der Waals surface area contributed by atoms with Gasteiger partial charge in [0.15, 0.2) is 5.78 Å². The van der Waals surface area contributed by atoms with Crippen LogP contribution in [0.4, 0.5) is 11.4 Å². The lowest BCUT2D eigenvalue weighted by molar-refractivity contribution is -0.116. The smallest absolute Gasteiger partial charge is 0.224 e. The first-order chi connectivity index (χ1) is 10.4. The average molecular weight is 357 g/mol. The van der Waals surface area contributed by atoms with Gasteiger partial charge in [0.05, 0.1) is 20.6 Å². The number of anilines is 2. The summed E-state index contributed by atoms with van der Waals surface area (Å²) < 4.78 is 0. The Morgan fingerprint density at radius 2 is 1.82 bits per heavy atom. The number of hydrogen-bond acceptors (Lipinski definition) is 4. The predicted molar refractivity (Wildman–Crippen MR) is 92.1 cm³/mol. The molecule has 0 radical (unpaired) electrons. The largest absolute Gasteiger partial charge is 0.396 e. The number of nitrogen functional groups attached to an aromatic ring is 1. The van der Waals surface area contributed by atoms with Crippen molar-refractivity contribution in [3.63, 3.8) is 0 Å². The van der Waals surface area contributed by atoms with Gasteiger partial charge in [-0.25, -0.2) is 0 Å². The van der Waals surface area contributed by atoms with E-state index in [0.717, 1.165) is 4.88 Å². The average Bonchev–Trinajstić information content (AvgIpc) is 2.89. The van der Waals surface area contributed by atoms with Gasteiger partial charge >= 0.3 is 0 Å². The summed E-state index contributed by atoms with van der Waals surface area (Å²) in [6.07, 6.45) is 0.248. The fourth-order valence-corrected chi connectivity index (χ4v) is 3.14. The Morgan fingerprint density at radius 1 is 1.18 bits per heavy atom. The van der Waals surface area contributed by atoms with Gasteiger partial charge in [-0.05, 0) is 31.2 Å². The molecule has 22 heavy (non-hydrogen) atoms. The van der Waals surface area contributed by atoms with Gasteiger partial charge < -0.3 is 11.1 Å². The van der Waals surface area contributed by atoms with E-state index in [1.807, 2.05) is 13.0 Å². The van der Waals surface area contributed by atoms with Crippen molar-refractivity contribution in [3.8, 4) is 0 Å². The molecule has 0 spiro atoms. The number of nitrogens with one attached hydrogen (secondary N) is 1. The number of carbonyl (C=O) groups excluding carboxylic acids is 2. The molecule has 1 aromatic heterocycles. The molecule has 3 N–H and O–H groups in total. The van der Waals surface area contributed by atoms with E-state index in [1.54, 1.807) is 6.07 Å². The van der Waals surface area contributed by atoms with Crippen LogP contribution in [0.25, 0.3) is 0 Å². The van der Waals surface area contributed by atoms with Crippen molar-refractivity contribution in [1.82, 2.24) is 0 Å². The van der Waals surface area contributed by atoms with Crippen LogP contribution in [0.15, 0.2) is 24.3 Å². The van der Waals surface area contributed by atoms with Crippen molar-refractivity contribution in [2.75, 3.05) is 11.1 Å². The molecule has 116 valence electrons. The molecule has 0 aliphatic rings. The van der Waals surface area contributed by atoms with Gasteiger partial charge in [0.1, 0.15) is 0 Å². The molecular weight excluding hydrogens is 343 g/mol. The topological polar surface area (TPSA) is 72.2 Å². The third kappa shape index (κ3) is 4.22. The number of thiophene rings is 1. The lowest BCUT2D eigenvalue weighted by atomic mass is 10.2. The number of nitrogens with two attached hydrogens (primary N) is 1. The second-order valence-electron chi connectivity index (χ2n) is 4.74. The molecule has 1 amide bonds. The van der Waals surface area contributed by atoms with E-state index in [1.165, 1.54) is 23.5 Å². The lowest BCUT2D eigenvalue weighted by Crippen LogP contribution is -2.13. The summed E-state index contributed by atoms with van der Waals surface area (Å²) in [5.74, 6) is -0.319. The molecule has 2 aromatic rings. The second kappa shape index (κ2) is 7.13. The molecule has 0 saturated heterocycles. The van der Waals surface area contributed by atoms with Crippen LogP contribution in [-0.2, 0) is 4.79 Å². The highest BCUT2D eigenvalue weighted by Crippen LogP contribution is 2.31. The SMILES string of the molecule is Cc1ccc(C(=O)CCC(=O)Nc2cc(Cl)c(N)c(Cl)c2)s1. The Hall–Kier alpha value is -1.56. The van der Waals surface area contributed by atoms with Gasteiger partial charge in [-0.15, -0.1) is 11.3 Å². The Kier molecular flexibility index (Phi) is 5.45. The maximum atomic E-state index is 11.9. The zero-order chi connectivity index (χ0) is 16.3. The highest BCUT2D eigenvalue weighted by Gasteiger charge is 2.12. The Morgan fingerprint density at radius 3 is 2.36 bits per heavy atom. The first kappa shape index (κ1) is 16.8. The van der Waals surface area contributed by atoms with Crippen molar-refractivity contribution >= 4 is 57.6 Å². The Balaban J connectivity index is 1.92. The van der Waals surface area contributed by atoms with E-state index in [4.69, 9.17) is 28.9 Å². The van der Waals surface area contributed by atoms with Crippen LogP contribution in [0.2, 0.25) is 10.0 Å². The molecule has 0 unspecified atom stereocenters. The molecule has 0 aliphatic heterocycles. The van der Waals surface area contributed by atoms with Crippen LogP contribution >= 0.6 is 34.5 Å². The van der Waals surface area contributed by atoms with Crippen molar-refractivity contribution in [1.29, 1.82) is 0 Å². The second-order valence-corrected chi connectivity index (χ2v) is 6.84. The van der Waals surface area contributed by atoms with Crippen molar-refractivity contribution in [2.24, 2.45) is 0 Å². The van der Waals surface area contributed by atoms with E-state index in [2.05, 4.69) is 5.32 Å². The molecular formula is C15H14Cl2N2O2S. The zero-order valence-electron chi connectivity index (χ0n) is 11.8. The highest BCUT2D eigenvalue weighted by molar-refractivity contribution is 7.14. The minimum absolute atomic E-state index is 0.0402. The van der Waals surface area contributed by atoms with Gasteiger partial charge in [0.25, 0.3) is 0 Å². The number of benzene rings is 1. The molecule has 1 aromatic carbocycles. The summed E-state index contributed by atoms with van der Waals surface area (Å²) in [7, 11) is 0. The predicted octanol–water partition coefficient (Wildman–Crippen LogP) is 4.55. The summed E-state index contributed by atoms with van der Waals surface area (Å²) in [5.41, 5.74) is 6.35. The molecule has 1 heterocycles. The minimum atomic E-state index is -0.279. The van der Waals surface area contributed by atoms with E-state index in [-0.39, 0.29) is 40.3 Å². The summed E-state index contributed by atoms with van der Waals surface area (Å²) in [4.78, 5) is 25.6. The van der Waals surface area contributed by atoms with E-state index in [0.29, 0.717) is 10.6 Å². The normalized spacial score (nSPS) is 10.5. The Labute approximate surface area is 142 Å². The number of rotatable bonds is 5. The molecule has 0 aliphatic carbocycles. The highest BCUT2D eigenvalue weighted by atomic mass is 35.5. The van der Waals surface area contributed by atoms with E-state index in [9.17, 15) is 9.59 Å². The van der Waals surface area contributed by atoms with Crippen molar-refractivity contribution in [3.05, 3.63) is 44.1 Å². The third-order valence-corrected chi connectivity index (χ3v) is 4.62. The van der Waals surface area contributed by atoms with Crippen LogP contribution in [0.5, 0.6) is 0 Å². The van der Waals surface area contributed by atoms with Crippen LogP contribution in [0.1, 0.15) is 27.4 Å². The number of hydrogen-bond donors (Lipinski definition) is 2. The van der Waals surface area contributed by atoms with Gasteiger partial charge in [-0.1, -0.05) is 23.2 Å². The number of halogens is 2. The number of carbonyl (C=O) groups is 2. The third-order valence-electron chi connectivity index (χ3n) is 2.96. The molecule has 0 saturated carbocycles. The van der Waals surface area contributed by atoms with Gasteiger partial charge in [-0.2, -0.15) is 0 Å². The molecule has 7 heteroatoms. The van der Waals surface area contributed by atoms with Crippen LogP contribution in [-0.4, -0.2) is 11.7 Å². The number of amides is 1. The van der Waals surface area contributed by atoms with E-state index >= 15 is 0 Å². The molecule has 0 fully saturated rings. The van der Waals surface area contributed by atoms with Gasteiger partial charge in [0, 0.05) is 23.4 Å². The maximum Gasteiger partial charge on any atom is 0.224 e. The van der Waals surface area contributed by atoms with Gasteiger partial charge in [0.2, 0.25) is 5.91 Å². The van der Waals surface area contributed by atoms with Crippen LogP contribution < -0.4 is 11.1 Å². The standard InChI is InChI=1S/C15H14Cl2N2O2S/c1-8-2-4-13(22-8)12(20)3-5-14(21)19-9-6-10(16)15(18)11(17)7-9/h2,4,6-7H,3,5,18H2,1H3,(H,19,21). The first-order valence-electron chi connectivity index (χ1n) is 6.51. The zero-order valence-corrected chi connectivity index (χ0v) is 14.1. The molecule has 4 nitrogen and oxygen atoms in total. The number of aryl methyl sites for hydroxylation is 1. The summed E-state index contributed by atoms with van der Waals surface area (Å²) in [6, 6.07) is 6.70. The molecule has 0 bridgehead atoms. The van der Waals surface area contributed by atoms with Crippen molar-refractivity contribution in [2.45, 2.75) is 19.8 Å². The maximum absolute atomic E-state index is 11.9. The fraction of sp³-hybridized carbons (Fsp3) is 0.200. The molecule has 2 rings (SSSR count). The van der Waals surface area contributed by atoms with Crippen LogP contribution in [0, 0.1) is 6.92 Å². The van der Waals surface area contributed by atoms with Crippen LogP contribution in [0.3, 0.4) is 0 Å². The van der Waals surface area contributed by atoms with E-state index < -0.39 is 0 Å². The van der Waals surface area contributed by atoms with Crippen molar-refractivity contribution < 1.29 is 9.59 Å². The van der Waals surface area contributed by atoms with Gasteiger partial charge in [-0.3, -0.25) is 9.59 Å². The molecule has 0 atom stereocenters. The number of Topliss-reactive ketones (excluding diaryl/α,β-unsaturated/α-hetero) is 1. The quantitative estimate of drug-likeness (QED) is 0.609. The first-order valence-corrected chi connectivity index (χ1v) is 8.08. The fourth-order valence-electron chi connectivity index (χ4n) is 1.81.